The zero-order valence-electron chi connectivity index (χ0n) is 17.1. The van der Waals surface area contributed by atoms with Gasteiger partial charge >= 0.3 is 12.1 Å². The second kappa shape index (κ2) is 12.2. The average molecular weight is 492 g/mol. The van der Waals surface area contributed by atoms with Crippen molar-refractivity contribution in [1.29, 1.82) is 0 Å². The van der Waals surface area contributed by atoms with Gasteiger partial charge < -0.3 is 43.3 Å². The van der Waals surface area contributed by atoms with Gasteiger partial charge in [0.2, 0.25) is 0 Å². The number of carbonyl (C=O) groups is 2. The van der Waals surface area contributed by atoms with Crippen molar-refractivity contribution in [3.8, 4) is 0 Å². The number of benzene rings is 1. The maximum atomic E-state index is 12.2. The highest BCUT2D eigenvalue weighted by atomic mass is 127. The normalized spacial score (nSPS) is 13.1. The molecule has 0 spiro atoms. The molecule has 0 radical (unpaired) electrons. The minimum atomic E-state index is -0.492. The molecular weight excluding hydrogens is 459 g/mol. The van der Waals surface area contributed by atoms with Crippen LogP contribution in [-0.4, -0.2) is 55.4 Å². The first-order valence-corrected chi connectivity index (χ1v) is 9.13. The number of amides is 1. The maximum Gasteiger partial charge on any atom is 0.407 e. The van der Waals surface area contributed by atoms with E-state index >= 15 is 0 Å². The zero-order valence-corrected chi connectivity index (χ0v) is 19.2. The number of hydrogen-bond donors (Lipinski definition) is 1. The molecule has 0 bridgehead atoms. The van der Waals surface area contributed by atoms with E-state index in [9.17, 15) is 9.59 Å². The molecule has 154 valence electrons. The Morgan fingerprint density at radius 2 is 1.74 bits per heavy atom. The molecule has 1 atom stereocenters. The summed E-state index contributed by atoms with van der Waals surface area (Å²) in [5.41, 5.74) is 0.451. The van der Waals surface area contributed by atoms with Crippen LogP contribution in [0.4, 0.5) is 4.79 Å². The van der Waals surface area contributed by atoms with Crippen molar-refractivity contribution in [2.75, 3.05) is 33.2 Å². The molecule has 1 aromatic rings. The molecular formula is C20H33IN2O4. The van der Waals surface area contributed by atoms with Crippen LogP contribution in [0, 0.1) is 0 Å². The third kappa shape index (κ3) is 11.9. The topological polar surface area (TPSA) is 64.6 Å². The van der Waals surface area contributed by atoms with Crippen LogP contribution >= 0.6 is 0 Å². The number of alkyl carbamates (subject to hydrolysis) is 1. The Labute approximate surface area is 180 Å². The number of likely N-dealkylation sites (N-methyl/N-ethyl adjacent to an activating group) is 1. The molecule has 0 aliphatic carbocycles. The number of hydrogen-bond acceptors (Lipinski definition) is 4. The van der Waals surface area contributed by atoms with E-state index in [1.807, 2.05) is 58.2 Å². The van der Waals surface area contributed by atoms with Crippen LogP contribution in [0.3, 0.4) is 0 Å². The molecule has 0 aliphatic heterocycles. The van der Waals surface area contributed by atoms with E-state index in [4.69, 9.17) is 9.47 Å². The minimum absolute atomic E-state index is 0. The Balaban J connectivity index is 0.00000676. The predicted octanol–water partition coefficient (Wildman–Crippen LogP) is 0.115. The molecule has 1 rings (SSSR count). The number of carbonyl (C=O) groups excluding carboxylic acids is 2. The third-order valence-electron chi connectivity index (χ3n) is 3.83. The van der Waals surface area contributed by atoms with Gasteiger partial charge in [0.1, 0.15) is 12.2 Å². The lowest BCUT2D eigenvalue weighted by atomic mass is 10.2. The van der Waals surface area contributed by atoms with Gasteiger partial charge in [0.25, 0.3) is 0 Å². The second-order valence-electron chi connectivity index (χ2n) is 7.80. The lowest BCUT2D eigenvalue weighted by Gasteiger charge is -2.34. The van der Waals surface area contributed by atoms with Crippen molar-refractivity contribution in [3.63, 3.8) is 0 Å². The number of nitrogens with zero attached hydrogens (tertiary/aromatic N) is 1. The number of nitrogens with one attached hydrogen (secondary N) is 1. The van der Waals surface area contributed by atoms with E-state index in [-0.39, 0.29) is 43.1 Å². The summed E-state index contributed by atoms with van der Waals surface area (Å²) in [6.45, 7) is 10.1. The molecule has 27 heavy (non-hydrogen) atoms. The summed E-state index contributed by atoms with van der Waals surface area (Å²) in [7, 11) is 2.00. The number of rotatable bonds is 9. The van der Waals surface area contributed by atoms with E-state index in [1.165, 1.54) is 0 Å². The fourth-order valence-corrected chi connectivity index (χ4v) is 2.70. The first kappa shape index (κ1) is 25.6. The highest BCUT2D eigenvalue weighted by Crippen LogP contribution is 2.10. The summed E-state index contributed by atoms with van der Waals surface area (Å²) in [5.74, 6) is -0.222. The van der Waals surface area contributed by atoms with Gasteiger partial charge in [-0.05, 0) is 32.8 Å². The fourth-order valence-electron chi connectivity index (χ4n) is 2.70. The van der Waals surface area contributed by atoms with Crippen LogP contribution in [0.15, 0.2) is 30.3 Å². The van der Waals surface area contributed by atoms with Crippen molar-refractivity contribution in [3.05, 3.63) is 35.9 Å². The predicted molar refractivity (Wildman–Crippen MR) is 102 cm³/mol. The van der Waals surface area contributed by atoms with Crippen molar-refractivity contribution < 1.29 is 47.5 Å². The second-order valence-corrected chi connectivity index (χ2v) is 7.80. The molecule has 0 aliphatic rings. The molecule has 1 aromatic carbocycles. The summed E-state index contributed by atoms with van der Waals surface area (Å²) in [5, 5.41) is 2.76. The summed E-state index contributed by atoms with van der Waals surface area (Å²) in [4.78, 5) is 24.0. The standard InChI is InChI=1S/C20H32N2O4.HI/c1-6-13-22(5,15-18(23)26-20(2,3)4)14-12-21-19(24)25-16-17-10-8-7-9-11-17;/h7-11H,6,12-16H2,1-5H3;1H. The van der Waals surface area contributed by atoms with E-state index in [2.05, 4.69) is 12.2 Å². The van der Waals surface area contributed by atoms with E-state index in [0.717, 1.165) is 18.5 Å². The van der Waals surface area contributed by atoms with Gasteiger partial charge in [0.05, 0.1) is 26.7 Å². The van der Waals surface area contributed by atoms with Gasteiger partial charge in [-0.25, -0.2) is 9.59 Å². The van der Waals surface area contributed by atoms with Gasteiger partial charge in [-0.3, -0.25) is 0 Å². The number of quaternary nitrogens is 1. The third-order valence-corrected chi connectivity index (χ3v) is 3.83. The van der Waals surface area contributed by atoms with Crippen LogP contribution in [0.25, 0.3) is 0 Å². The zero-order chi connectivity index (χ0) is 19.6. The Morgan fingerprint density at radius 3 is 2.30 bits per heavy atom. The Morgan fingerprint density at radius 1 is 1.11 bits per heavy atom. The van der Waals surface area contributed by atoms with Crippen LogP contribution in [0.2, 0.25) is 0 Å². The fraction of sp³-hybridized carbons (Fsp3) is 0.600. The van der Waals surface area contributed by atoms with Gasteiger partial charge in [0, 0.05) is 0 Å². The molecule has 1 N–H and O–H groups in total. The van der Waals surface area contributed by atoms with Crippen molar-refractivity contribution >= 4 is 12.1 Å². The summed E-state index contributed by atoms with van der Waals surface area (Å²) < 4.78 is 11.1. The number of ether oxygens (including phenoxy) is 2. The molecule has 0 saturated heterocycles. The molecule has 0 heterocycles. The Hall–Kier alpha value is -1.35. The summed E-state index contributed by atoms with van der Waals surface area (Å²) in [6, 6.07) is 9.54. The van der Waals surface area contributed by atoms with Crippen molar-refractivity contribution in [2.24, 2.45) is 0 Å². The van der Waals surface area contributed by atoms with E-state index in [0.29, 0.717) is 17.6 Å². The minimum Gasteiger partial charge on any atom is -1.00 e. The van der Waals surface area contributed by atoms with E-state index < -0.39 is 11.7 Å². The lowest BCUT2D eigenvalue weighted by Crippen LogP contribution is -3.00. The summed E-state index contributed by atoms with van der Waals surface area (Å²) >= 11 is 0. The first-order chi connectivity index (χ1) is 12.1. The van der Waals surface area contributed by atoms with Gasteiger partial charge in [-0.15, -0.1) is 0 Å². The van der Waals surface area contributed by atoms with Gasteiger partial charge in [-0.1, -0.05) is 37.3 Å². The maximum absolute atomic E-state index is 12.2. The number of halogens is 1. The molecule has 0 fully saturated rings. The van der Waals surface area contributed by atoms with Crippen LogP contribution in [0.5, 0.6) is 0 Å². The quantitative estimate of drug-likeness (QED) is 0.302. The van der Waals surface area contributed by atoms with Gasteiger partial charge in [0.15, 0.2) is 6.54 Å². The summed E-state index contributed by atoms with van der Waals surface area (Å²) in [6.07, 6.45) is 0.492. The molecule has 0 aromatic heterocycles. The SMILES string of the molecule is CCC[N+](C)(CCNC(=O)OCc1ccccc1)CC(=O)OC(C)(C)C.[I-]. The first-order valence-electron chi connectivity index (χ1n) is 9.13. The van der Waals surface area contributed by atoms with Gasteiger partial charge in [-0.2, -0.15) is 0 Å². The monoisotopic (exact) mass is 492 g/mol. The average Bonchev–Trinajstić information content (AvgIpc) is 2.52. The highest BCUT2D eigenvalue weighted by molar-refractivity contribution is 5.71. The Kier molecular flexibility index (Phi) is 11.6. The van der Waals surface area contributed by atoms with Crippen LogP contribution in [0.1, 0.15) is 39.7 Å². The van der Waals surface area contributed by atoms with Crippen LogP contribution in [-0.2, 0) is 20.9 Å². The largest absolute Gasteiger partial charge is 1.00 e. The Bertz CT molecular complexity index is 575. The van der Waals surface area contributed by atoms with Crippen LogP contribution < -0.4 is 29.3 Å². The molecule has 1 unspecified atom stereocenters. The smallest absolute Gasteiger partial charge is 0.407 e. The highest BCUT2D eigenvalue weighted by Gasteiger charge is 2.28. The number of esters is 1. The van der Waals surface area contributed by atoms with E-state index in [1.54, 1.807) is 0 Å². The molecule has 7 heteroatoms. The van der Waals surface area contributed by atoms with Crippen molar-refractivity contribution in [1.82, 2.24) is 5.32 Å². The molecule has 6 nitrogen and oxygen atoms in total. The molecule has 0 saturated carbocycles. The lowest BCUT2D eigenvalue weighted by molar-refractivity contribution is -0.901. The van der Waals surface area contributed by atoms with Crippen molar-refractivity contribution in [2.45, 2.75) is 46.3 Å². The molecule has 1 amide bonds.